The fourth-order valence-electron chi connectivity index (χ4n) is 3.35. The molecule has 0 radical (unpaired) electrons. The average molecular weight is 450 g/mol. The van der Waals surface area contributed by atoms with Crippen molar-refractivity contribution in [1.82, 2.24) is 16.0 Å². The minimum absolute atomic E-state index is 0. The Morgan fingerprint density at radius 2 is 1.87 bits per heavy atom. The van der Waals surface area contributed by atoms with E-state index in [1.807, 2.05) is 20.8 Å². The molecule has 7 nitrogen and oxygen atoms in total. The van der Waals surface area contributed by atoms with Gasteiger partial charge in [0.2, 0.25) is 5.91 Å². The lowest BCUT2D eigenvalue weighted by molar-refractivity contribution is -0.120. The second-order valence-corrected chi connectivity index (χ2v) is 8.43. The smallest absolute Gasteiger partial charge is 0.407 e. The maximum Gasteiger partial charge on any atom is 0.407 e. The Hall–Kier alpha value is -1.97. The summed E-state index contributed by atoms with van der Waals surface area (Å²) in [7, 11) is 0. The van der Waals surface area contributed by atoms with Gasteiger partial charge in [-0.1, -0.05) is 0 Å². The number of aliphatic hydroxyl groups excluding tert-OH is 1. The Bertz CT molecular complexity index is 725. The second-order valence-electron chi connectivity index (χ2n) is 8.43. The summed E-state index contributed by atoms with van der Waals surface area (Å²) < 4.78 is 32.3. The van der Waals surface area contributed by atoms with Crippen LogP contribution in [0.2, 0.25) is 0 Å². The van der Waals surface area contributed by atoms with Crippen LogP contribution in [0.3, 0.4) is 0 Å². The SMILES string of the molecule is CC(=O)N[C@@H](Cc1cc(F)cc(F)c1)[C@H](O)[C@H]1C[C@@H](OC(=O)NC(C)(C)C)CN1.Cl. The predicted octanol–water partition coefficient (Wildman–Crippen LogP) is 2.05. The number of hydrogen-bond donors (Lipinski definition) is 4. The van der Waals surface area contributed by atoms with E-state index in [1.54, 1.807) is 0 Å². The van der Waals surface area contributed by atoms with Crippen molar-refractivity contribution in [2.24, 2.45) is 0 Å². The predicted molar refractivity (Wildman–Crippen MR) is 110 cm³/mol. The molecule has 0 aliphatic carbocycles. The van der Waals surface area contributed by atoms with E-state index in [-0.39, 0.29) is 24.7 Å². The van der Waals surface area contributed by atoms with E-state index in [9.17, 15) is 23.5 Å². The lowest BCUT2D eigenvalue weighted by Crippen LogP contribution is -2.51. The topological polar surface area (TPSA) is 99.7 Å². The average Bonchev–Trinajstić information content (AvgIpc) is 2.98. The van der Waals surface area contributed by atoms with Crippen molar-refractivity contribution in [3.63, 3.8) is 0 Å². The summed E-state index contributed by atoms with van der Waals surface area (Å²) in [4.78, 5) is 23.5. The second kappa shape index (κ2) is 10.9. The first-order valence-corrected chi connectivity index (χ1v) is 9.55. The molecule has 0 saturated carbocycles. The monoisotopic (exact) mass is 449 g/mol. The van der Waals surface area contributed by atoms with Gasteiger partial charge in [0, 0.05) is 37.5 Å². The maximum absolute atomic E-state index is 13.5. The Balaban J connectivity index is 0.00000450. The summed E-state index contributed by atoms with van der Waals surface area (Å²) in [5.74, 6) is -1.83. The molecule has 1 saturated heterocycles. The normalized spacial score (nSPS) is 20.6. The van der Waals surface area contributed by atoms with Gasteiger partial charge in [-0.05, 0) is 44.9 Å². The molecule has 170 valence electrons. The third-order valence-electron chi connectivity index (χ3n) is 4.47. The van der Waals surface area contributed by atoms with Crippen molar-refractivity contribution >= 4 is 24.4 Å². The number of benzene rings is 1. The van der Waals surface area contributed by atoms with E-state index in [2.05, 4.69) is 16.0 Å². The van der Waals surface area contributed by atoms with Crippen LogP contribution in [-0.2, 0) is 16.0 Å². The molecule has 1 aromatic carbocycles. The highest BCUT2D eigenvalue weighted by Gasteiger charge is 2.36. The van der Waals surface area contributed by atoms with Crippen molar-refractivity contribution in [3.05, 3.63) is 35.4 Å². The highest BCUT2D eigenvalue weighted by molar-refractivity contribution is 5.85. The van der Waals surface area contributed by atoms with Crippen LogP contribution < -0.4 is 16.0 Å². The molecule has 1 heterocycles. The van der Waals surface area contributed by atoms with E-state index < -0.39 is 47.6 Å². The number of alkyl carbamates (subject to hydrolysis) is 1. The molecule has 0 aromatic heterocycles. The summed E-state index contributed by atoms with van der Waals surface area (Å²) in [5.41, 5.74) is -0.116. The number of nitrogens with one attached hydrogen (secondary N) is 3. The van der Waals surface area contributed by atoms with Crippen molar-refractivity contribution < 1.29 is 28.2 Å². The number of carbonyl (C=O) groups is 2. The minimum Gasteiger partial charge on any atom is -0.445 e. The van der Waals surface area contributed by atoms with Crippen molar-refractivity contribution in [1.29, 1.82) is 0 Å². The van der Waals surface area contributed by atoms with Gasteiger partial charge in [-0.25, -0.2) is 13.6 Å². The summed E-state index contributed by atoms with van der Waals surface area (Å²) in [6.07, 6.45) is -1.66. The highest BCUT2D eigenvalue weighted by Crippen LogP contribution is 2.19. The first kappa shape index (κ1) is 26.1. The number of ether oxygens (including phenoxy) is 1. The molecule has 0 bridgehead atoms. The standard InChI is InChI=1S/C20H29F2N3O4.ClH/c1-11(26)24-17(7-12-5-13(21)8-14(22)6-12)18(27)16-9-15(10-23-16)29-19(28)25-20(2,3)4;/h5-6,8,15-18,23,27H,7,9-10H2,1-4H3,(H,24,26)(H,25,28);1H/t15-,16-,17+,18-;/m1./s1. The number of carbonyl (C=O) groups excluding carboxylic acids is 2. The lowest BCUT2D eigenvalue weighted by Gasteiger charge is -2.28. The minimum atomic E-state index is -1.05. The molecule has 2 rings (SSSR count). The van der Waals surface area contributed by atoms with Gasteiger partial charge in [0.05, 0.1) is 12.1 Å². The summed E-state index contributed by atoms with van der Waals surface area (Å²) in [5, 5.41) is 19.2. The molecular weight excluding hydrogens is 420 g/mol. The molecule has 1 fully saturated rings. The fourth-order valence-corrected chi connectivity index (χ4v) is 3.35. The van der Waals surface area contributed by atoms with Crippen LogP contribution >= 0.6 is 12.4 Å². The van der Waals surface area contributed by atoms with Gasteiger partial charge in [0.15, 0.2) is 0 Å². The van der Waals surface area contributed by atoms with E-state index in [0.717, 1.165) is 18.2 Å². The molecule has 0 spiro atoms. The Labute approximate surface area is 181 Å². The third-order valence-corrected chi connectivity index (χ3v) is 4.47. The Kier molecular flexibility index (Phi) is 9.45. The molecule has 10 heteroatoms. The number of halogens is 3. The van der Waals surface area contributed by atoms with Crippen LogP contribution in [0.1, 0.15) is 39.7 Å². The highest BCUT2D eigenvalue weighted by atomic mass is 35.5. The number of aliphatic hydroxyl groups is 1. The molecular formula is C20H30ClF2N3O4. The van der Waals surface area contributed by atoms with Crippen LogP contribution in [0.15, 0.2) is 18.2 Å². The van der Waals surface area contributed by atoms with Crippen LogP contribution in [0.4, 0.5) is 13.6 Å². The molecule has 1 aliphatic rings. The number of amides is 2. The maximum atomic E-state index is 13.5. The van der Waals surface area contributed by atoms with E-state index in [0.29, 0.717) is 18.5 Å². The van der Waals surface area contributed by atoms with Gasteiger partial charge in [0.25, 0.3) is 0 Å². The Morgan fingerprint density at radius 1 is 1.27 bits per heavy atom. The van der Waals surface area contributed by atoms with Gasteiger partial charge in [-0.3, -0.25) is 4.79 Å². The third kappa shape index (κ3) is 8.41. The molecule has 0 unspecified atom stereocenters. The first-order valence-electron chi connectivity index (χ1n) is 9.55. The van der Waals surface area contributed by atoms with Gasteiger partial charge in [-0.2, -0.15) is 0 Å². The molecule has 4 atom stereocenters. The molecule has 4 N–H and O–H groups in total. The summed E-state index contributed by atoms with van der Waals surface area (Å²) in [6.45, 7) is 7.15. The number of rotatable bonds is 6. The molecule has 1 aliphatic heterocycles. The fraction of sp³-hybridized carbons (Fsp3) is 0.600. The zero-order valence-corrected chi connectivity index (χ0v) is 18.3. The zero-order valence-electron chi connectivity index (χ0n) is 17.5. The van der Waals surface area contributed by atoms with Gasteiger partial charge in [-0.15, -0.1) is 12.4 Å². The van der Waals surface area contributed by atoms with Crippen molar-refractivity contribution in [3.8, 4) is 0 Å². The molecule has 30 heavy (non-hydrogen) atoms. The van der Waals surface area contributed by atoms with Gasteiger partial charge >= 0.3 is 6.09 Å². The first-order chi connectivity index (χ1) is 13.4. The van der Waals surface area contributed by atoms with Crippen molar-refractivity contribution in [2.75, 3.05) is 6.54 Å². The lowest BCUT2D eigenvalue weighted by atomic mass is 9.95. The van der Waals surface area contributed by atoms with E-state index in [1.165, 1.54) is 6.92 Å². The van der Waals surface area contributed by atoms with Gasteiger partial charge < -0.3 is 25.8 Å². The number of hydrogen-bond acceptors (Lipinski definition) is 5. The van der Waals surface area contributed by atoms with Crippen LogP contribution in [0.5, 0.6) is 0 Å². The zero-order chi connectivity index (χ0) is 21.8. The molecule has 1 aromatic rings. The summed E-state index contributed by atoms with van der Waals surface area (Å²) in [6, 6.07) is 1.85. The van der Waals surface area contributed by atoms with Crippen LogP contribution in [0, 0.1) is 11.6 Å². The van der Waals surface area contributed by atoms with E-state index in [4.69, 9.17) is 4.74 Å². The quantitative estimate of drug-likeness (QED) is 0.532. The van der Waals surface area contributed by atoms with Crippen LogP contribution in [0.25, 0.3) is 0 Å². The van der Waals surface area contributed by atoms with Gasteiger partial charge in [0.1, 0.15) is 17.7 Å². The van der Waals surface area contributed by atoms with Crippen LogP contribution in [-0.4, -0.2) is 53.5 Å². The summed E-state index contributed by atoms with van der Waals surface area (Å²) >= 11 is 0. The van der Waals surface area contributed by atoms with E-state index >= 15 is 0 Å². The van der Waals surface area contributed by atoms with Crippen molar-refractivity contribution in [2.45, 2.75) is 70.4 Å². The molecule has 2 amide bonds. The largest absolute Gasteiger partial charge is 0.445 e. The Morgan fingerprint density at radius 3 is 2.40 bits per heavy atom.